The molecule has 1 aromatic rings. The fraction of sp³-hybridized carbons (Fsp3) is 0.417. The third-order valence-electron chi connectivity index (χ3n) is 2.36. The van der Waals surface area contributed by atoms with Crippen LogP contribution in [0.1, 0.15) is 18.4 Å². The smallest absolute Gasteiger partial charge is 0.217 e. The second kappa shape index (κ2) is 6.85. The van der Waals surface area contributed by atoms with Crippen LogP contribution in [0.3, 0.4) is 0 Å². The molecular formula is C12H17FN2O2. The molecular weight excluding hydrogens is 223 g/mol. The quantitative estimate of drug-likeness (QED) is 0.704. The molecule has 1 amide bonds. The summed E-state index contributed by atoms with van der Waals surface area (Å²) in [6.07, 6.45) is 0.995. The van der Waals surface area contributed by atoms with Gasteiger partial charge in [0.25, 0.3) is 0 Å². The number of primary amides is 1. The standard InChI is InChI=1S/C12H17FN2O2/c1-17-10-5-2-4-9(12(10)13)8-15-7-3-6-11(14)16/h2,4-5,15H,3,6-8H2,1H3,(H2,14,16). The molecule has 0 bridgehead atoms. The van der Waals surface area contributed by atoms with Crippen LogP contribution in [-0.4, -0.2) is 19.6 Å². The van der Waals surface area contributed by atoms with Crippen molar-refractivity contribution < 1.29 is 13.9 Å². The van der Waals surface area contributed by atoms with Crippen molar-refractivity contribution in [1.29, 1.82) is 0 Å². The lowest BCUT2D eigenvalue weighted by Gasteiger charge is -2.08. The zero-order valence-electron chi connectivity index (χ0n) is 9.83. The minimum Gasteiger partial charge on any atom is -0.494 e. The van der Waals surface area contributed by atoms with E-state index in [2.05, 4.69) is 5.32 Å². The number of halogens is 1. The normalized spacial score (nSPS) is 10.2. The van der Waals surface area contributed by atoms with Gasteiger partial charge in [0.2, 0.25) is 5.91 Å². The number of amides is 1. The van der Waals surface area contributed by atoms with Crippen molar-refractivity contribution in [3.8, 4) is 5.75 Å². The molecule has 0 aromatic heterocycles. The van der Waals surface area contributed by atoms with Crippen LogP contribution in [0.5, 0.6) is 5.75 Å². The molecule has 0 saturated carbocycles. The van der Waals surface area contributed by atoms with Crippen LogP contribution >= 0.6 is 0 Å². The van der Waals surface area contributed by atoms with Crippen LogP contribution < -0.4 is 15.8 Å². The molecule has 5 heteroatoms. The largest absolute Gasteiger partial charge is 0.494 e. The van der Waals surface area contributed by atoms with Crippen LogP contribution in [0, 0.1) is 5.82 Å². The molecule has 0 radical (unpaired) electrons. The average molecular weight is 240 g/mol. The highest BCUT2D eigenvalue weighted by Crippen LogP contribution is 2.19. The fourth-order valence-corrected chi connectivity index (χ4v) is 1.46. The lowest BCUT2D eigenvalue weighted by Crippen LogP contribution is -2.18. The van der Waals surface area contributed by atoms with Gasteiger partial charge < -0.3 is 15.8 Å². The lowest BCUT2D eigenvalue weighted by molar-refractivity contribution is -0.118. The summed E-state index contributed by atoms with van der Waals surface area (Å²) in [4.78, 5) is 10.5. The Hall–Kier alpha value is -1.62. The molecule has 0 saturated heterocycles. The highest BCUT2D eigenvalue weighted by molar-refractivity contribution is 5.73. The molecule has 0 spiro atoms. The molecule has 0 aliphatic carbocycles. The Bertz CT molecular complexity index is 383. The maximum absolute atomic E-state index is 13.7. The van der Waals surface area contributed by atoms with Gasteiger partial charge in [-0.3, -0.25) is 4.79 Å². The predicted octanol–water partition coefficient (Wildman–Crippen LogP) is 1.19. The van der Waals surface area contributed by atoms with E-state index in [1.807, 2.05) is 0 Å². The van der Waals surface area contributed by atoms with Gasteiger partial charge in [0.15, 0.2) is 11.6 Å². The van der Waals surface area contributed by atoms with E-state index < -0.39 is 0 Å². The van der Waals surface area contributed by atoms with Crippen molar-refractivity contribution in [3.63, 3.8) is 0 Å². The molecule has 1 aromatic carbocycles. The van der Waals surface area contributed by atoms with Gasteiger partial charge >= 0.3 is 0 Å². The number of carbonyl (C=O) groups excluding carboxylic acids is 1. The van der Waals surface area contributed by atoms with Gasteiger partial charge in [0.1, 0.15) is 0 Å². The van der Waals surface area contributed by atoms with E-state index in [4.69, 9.17) is 10.5 Å². The molecule has 0 unspecified atom stereocenters. The van der Waals surface area contributed by atoms with E-state index in [9.17, 15) is 9.18 Å². The first-order chi connectivity index (χ1) is 8.15. The number of benzene rings is 1. The number of hydrogen-bond donors (Lipinski definition) is 2. The van der Waals surface area contributed by atoms with Gasteiger partial charge in [-0.05, 0) is 19.0 Å². The summed E-state index contributed by atoms with van der Waals surface area (Å²) in [6.45, 7) is 1.03. The number of ether oxygens (including phenoxy) is 1. The average Bonchev–Trinajstić information content (AvgIpc) is 2.30. The van der Waals surface area contributed by atoms with Crippen molar-refractivity contribution in [2.75, 3.05) is 13.7 Å². The number of nitrogens with one attached hydrogen (secondary N) is 1. The van der Waals surface area contributed by atoms with Crippen molar-refractivity contribution in [1.82, 2.24) is 5.32 Å². The molecule has 0 aliphatic rings. The second-order valence-corrected chi connectivity index (χ2v) is 3.68. The van der Waals surface area contributed by atoms with Crippen molar-refractivity contribution in [2.45, 2.75) is 19.4 Å². The Morgan fingerprint density at radius 2 is 2.29 bits per heavy atom. The number of carbonyl (C=O) groups is 1. The molecule has 3 N–H and O–H groups in total. The van der Waals surface area contributed by atoms with Gasteiger partial charge in [-0.15, -0.1) is 0 Å². The highest BCUT2D eigenvalue weighted by Gasteiger charge is 2.07. The summed E-state index contributed by atoms with van der Waals surface area (Å²) in [7, 11) is 1.43. The van der Waals surface area contributed by atoms with E-state index >= 15 is 0 Å². The van der Waals surface area contributed by atoms with E-state index in [0.29, 0.717) is 31.5 Å². The lowest BCUT2D eigenvalue weighted by atomic mass is 10.2. The second-order valence-electron chi connectivity index (χ2n) is 3.68. The van der Waals surface area contributed by atoms with Crippen molar-refractivity contribution >= 4 is 5.91 Å². The van der Waals surface area contributed by atoms with Gasteiger partial charge in [-0.25, -0.2) is 4.39 Å². The molecule has 1 rings (SSSR count). The predicted molar refractivity (Wildman–Crippen MR) is 63.1 cm³/mol. The Morgan fingerprint density at radius 1 is 1.53 bits per heavy atom. The van der Waals surface area contributed by atoms with Crippen LogP contribution in [0.4, 0.5) is 4.39 Å². The molecule has 0 fully saturated rings. The van der Waals surface area contributed by atoms with E-state index in [1.54, 1.807) is 18.2 Å². The fourth-order valence-electron chi connectivity index (χ4n) is 1.46. The third kappa shape index (κ3) is 4.40. The molecule has 17 heavy (non-hydrogen) atoms. The van der Waals surface area contributed by atoms with Crippen LogP contribution in [-0.2, 0) is 11.3 Å². The van der Waals surface area contributed by atoms with Crippen molar-refractivity contribution in [2.24, 2.45) is 5.73 Å². The van der Waals surface area contributed by atoms with Gasteiger partial charge in [-0.2, -0.15) is 0 Å². The number of rotatable bonds is 7. The summed E-state index contributed by atoms with van der Waals surface area (Å²) in [5.41, 5.74) is 5.55. The number of hydrogen-bond acceptors (Lipinski definition) is 3. The topological polar surface area (TPSA) is 64.3 Å². The minimum absolute atomic E-state index is 0.237. The van der Waals surface area contributed by atoms with E-state index in [0.717, 1.165) is 0 Å². The Labute approximate surface area is 100.0 Å². The van der Waals surface area contributed by atoms with E-state index in [1.165, 1.54) is 7.11 Å². The summed E-state index contributed by atoms with van der Waals surface area (Å²) in [5.74, 6) is -0.432. The summed E-state index contributed by atoms with van der Waals surface area (Å²) in [5, 5.41) is 3.05. The summed E-state index contributed by atoms with van der Waals surface area (Å²) in [6, 6.07) is 5.01. The van der Waals surface area contributed by atoms with E-state index in [-0.39, 0.29) is 17.5 Å². The molecule has 0 heterocycles. The monoisotopic (exact) mass is 240 g/mol. The zero-order chi connectivity index (χ0) is 12.7. The first-order valence-corrected chi connectivity index (χ1v) is 5.45. The SMILES string of the molecule is COc1cccc(CNCCCC(N)=O)c1F. The van der Waals surface area contributed by atoms with Crippen LogP contribution in [0.25, 0.3) is 0 Å². The van der Waals surface area contributed by atoms with Crippen LogP contribution in [0.2, 0.25) is 0 Å². The van der Waals surface area contributed by atoms with Gasteiger partial charge in [0.05, 0.1) is 7.11 Å². The van der Waals surface area contributed by atoms with Crippen LogP contribution in [0.15, 0.2) is 18.2 Å². The zero-order valence-corrected chi connectivity index (χ0v) is 9.83. The minimum atomic E-state index is -0.350. The first-order valence-electron chi connectivity index (χ1n) is 5.45. The maximum atomic E-state index is 13.7. The van der Waals surface area contributed by atoms with Gasteiger partial charge in [0, 0.05) is 18.5 Å². The highest BCUT2D eigenvalue weighted by atomic mass is 19.1. The molecule has 0 aliphatic heterocycles. The Balaban J connectivity index is 2.39. The number of nitrogens with two attached hydrogens (primary N) is 1. The molecule has 0 atom stereocenters. The molecule has 4 nitrogen and oxygen atoms in total. The maximum Gasteiger partial charge on any atom is 0.217 e. The number of methoxy groups -OCH3 is 1. The third-order valence-corrected chi connectivity index (χ3v) is 2.36. The summed E-state index contributed by atoms with van der Waals surface area (Å²) >= 11 is 0. The van der Waals surface area contributed by atoms with Crippen molar-refractivity contribution in [3.05, 3.63) is 29.6 Å². The van der Waals surface area contributed by atoms with Gasteiger partial charge in [-0.1, -0.05) is 12.1 Å². The molecule has 94 valence electrons. The summed E-state index contributed by atoms with van der Waals surface area (Å²) < 4.78 is 18.6. The first kappa shape index (κ1) is 13.4. The Kier molecular flexibility index (Phi) is 5.42. The Morgan fingerprint density at radius 3 is 2.94 bits per heavy atom.